The van der Waals surface area contributed by atoms with Crippen LogP contribution in [0.5, 0.6) is 0 Å². The number of aryl methyl sites for hydroxylation is 1. The van der Waals surface area contributed by atoms with Crippen molar-refractivity contribution in [1.29, 1.82) is 0 Å². The first-order valence-electron chi connectivity index (χ1n) is 3.40. The zero-order valence-electron chi connectivity index (χ0n) is 7.22. The molecule has 0 amide bonds. The Balaban J connectivity index is 3.24. The minimum Gasteiger partial charge on any atom is -0.217 e. The molecule has 0 aliphatic carbocycles. The largest absolute Gasteiger partial charge is 0.217 e. The van der Waals surface area contributed by atoms with Crippen molar-refractivity contribution in [1.82, 2.24) is 13.5 Å². The first-order chi connectivity index (χ1) is 5.46. The maximum atomic E-state index is 11.8. The number of nitrogens with zero attached hydrogens (tertiary/aromatic N) is 3. The summed E-state index contributed by atoms with van der Waals surface area (Å²) in [5, 5.41) is 3.90. The van der Waals surface area contributed by atoms with Gasteiger partial charge in [-0.05, 0) is 13.0 Å². The second-order valence-corrected chi connectivity index (χ2v) is 5.88. The van der Waals surface area contributed by atoms with Crippen molar-refractivity contribution >= 4 is 20.1 Å². The van der Waals surface area contributed by atoms with Gasteiger partial charge in [0.05, 0.1) is 11.9 Å². The van der Waals surface area contributed by atoms with Gasteiger partial charge < -0.3 is 0 Å². The fourth-order valence-electron chi connectivity index (χ4n) is 0.753. The van der Waals surface area contributed by atoms with Crippen LogP contribution in [0.3, 0.4) is 0 Å². The lowest BCUT2D eigenvalue weighted by Gasteiger charge is -2.15. The average molecular weight is 205 g/mol. The topological polar surface area (TPSA) is 38.1 Å². The molecule has 0 fully saturated rings. The van der Waals surface area contributed by atoms with Gasteiger partial charge >= 0.3 is 0 Å². The van der Waals surface area contributed by atoms with Gasteiger partial charge in [-0.25, -0.2) is 8.51 Å². The minimum absolute atomic E-state index is 0.809. The first-order valence-corrected chi connectivity index (χ1v) is 5.79. The highest BCUT2D eigenvalue weighted by Crippen LogP contribution is 2.04. The molecular formula is C6H11N3OS2. The molecule has 0 radical (unpaired) electrons. The second kappa shape index (κ2) is 3.12. The van der Waals surface area contributed by atoms with E-state index in [-0.39, 0.29) is 0 Å². The van der Waals surface area contributed by atoms with E-state index in [1.54, 1.807) is 26.4 Å². The maximum Gasteiger partial charge on any atom is 0.198 e. The van der Waals surface area contributed by atoms with Crippen molar-refractivity contribution in [3.8, 4) is 0 Å². The second-order valence-electron chi connectivity index (χ2n) is 2.61. The SMILES string of the molecule is Cc1ccnn1S(=O)(=S)N(C)C. The Bertz CT molecular complexity index is 366. The lowest BCUT2D eigenvalue weighted by molar-refractivity contribution is 0.582. The van der Waals surface area contributed by atoms with Crippen LogP contribution in [0.15, 0.2) is 12.3 Å². The van der Waals surface area contributed by atoms with Crippen molar-refractivity contribution in [3.63, 3.8) is 0 Å². The first kappa shape index (κ1) is 9.63. The van der Waals surface area contributed by atoms with Crippen LogP contribution < -0.4 is 0 Å². The normalized spacial score (nSPS) is 16.3. The molecule has 0 saturated carbocycles. The molecule has 1 unspecified atom stereocenters. The summed E-state index contributed by atoms with van der Waals surface area (Å²) in [5.41, 5.74) is 0.809. The molecule has 1 atom stereocenters. The molecule has 0 aliphatic heterocycles. The van der Waals surface area contributed by atoms with Gasteiger partial charge in [-0.3, -0.25) is 0 Å². The Hall–Kier alpha value is -0.460. The molecule has 4 nitrogen and oxygen atoms in total. The molecule has 1 rings (SSSR count). The summed E-state index contributed by atoms with van der Waals surface area (Å²) in [5.74, 6) is 0. The van der Waals surface area contributed by atoms with Crippen LogP contribution in [-0.2, 0) is 20.1 Å². The summed E-state index contributed by atoms with van der Waals surface area (Å²) in [4.78, 5) is 0. The van der Waals surface area contributed by atoms with Gasteiger partial charge in [0, 0.05) is 25.3 Å². The highest BCUT2D eigenvalue weighted by atomic mass is 32.8. The molecule has 0 bridgehead atoms. The van der Waals surface area contributed by atoms with E-state index in [2.05, 4.69) is 5.10 Å². The van der Waals surface area contributed by atoms with Crippen molar-refractivity contribution in [2.75, 3.05) is 14.1 Å². The predicted molar refractivity (Wildman–Crippen MR) is 51.6 cm³/mol. The highest BCUT2D eigenvalue weighted by Gasteiger charge is 2.13. The van der Waals surface area contributed by atoms with E-state index < -0.39 is 8.86 Å². The molecule has 0 N–H and O–H groups in total. The molecule has 68 valence electrons. The third kappa shape index (κ3) is 1.50. The van der Waals surface area contributed by atoms with E-state index in [0.717, 1.165) is 5.69 Å². The van der Waals surface area contributed by atoms with Gasteiger partial charge in [-0.15, -0.1) is 0 Å². The van der Waals surface area contributed by atoms with Gasteiger partial charge in [0.15, 0.2) is 8.86 Å². The van der Waals surface area contributed by atoms with E-state index >= 15 is 0 Å². The lowest BCUT2D eigenvalue weighted by atomic mass is 10.5. The Kier molecular flexibility index (Phi) is 2.50. The molecule has 0 spiro atoms. The van der Waals surface area contributed by atoms with Crippen LogP contribution in [0.2, 0.25) is 0 Å². The monoisotopic (exact) mass is 205 g/mol. The summed E-state index contributed by atoms with van der Waals surface area (Å²) >= 11 is 4.93. The number of hydrogen-bond acceptors (Lipinski definition) is 3. The van der Waals surface area contributed by atoms with Gasteiger partial charge in [0.25, 0.3) is 0 Å². The Morgan fingerprint density at radius 2 is 2.25 bits per heavy atom. The fourth-order valence-corrected chi connectivity index (χ4v) is 2.13. The van der Waals surface area contributed by atoms with Crippen molar-refractivity contribution in [2.45, 2.75) is 6.92 Å². The van der Waals surface area contributed by atoms with Crippen LogP contribution in [0, 0.1) is 6.92 Å². The molecule has 12 heavy (non-hydrogen) atoms. The minimum atomic E-state index is -2.59. The van der Waals surface area contributed by atoms with Crippen LogP contribution in [0.1, 0.15) is 5.69 Å². The van der Waals surface area contributed by atoms with Crippen LogP contribution >= 0.6 is 0 Å². The third-order valence-corrected chi connectivity index (χ3v) is 4.53. The van der Waals surface area contributed by atoms with Crippen molar-refractivity contribution < 1.29 is 4.21 Å². The van der Waals surface area contributed by atoms with E-state index in [1.807, 2.05) is 6.92 Å². The zero-order valence-corrected chi connectivity index (χ0v) is 8.85. The molecule has 0 aromatic carbocycles. The molecule has 0 aliphatic rings. The van der Waals surface area contributed by atoms with Crippen LogP contribution in [0.4, 0.5) is 0 Å². The third-order valence-electron chi connectivity index (χ3n) is 1.47. The van der Waals surface area contributed by atoms with E-state index in [4.69, 9.17) is 11.2 Å². The Labute approximate surface area is 77.1 Å². The number of rotatable bonds is 2. The number of aromatic nitrogens is 2. The molecule has 6 heteroatoms. The lowest BCUT2D eigenvalue weighted by Crippen LogP contribution is -2.29. The summed E-state index contributed by atoms with van der Waals surface area (Å²) in [7, 11) is 0.762. The fraction of sp³-hybridized carbons (Fsp3) is 0.500. The van der Waals surface area contributed by atoms with E-state index in [0.29, 0.717) is 0 Å². The molecule has 1 aromatic heterocycles. The summed E-state index contributed by atoms with van der Waals surface area (Å²) in [6.07, 6.45) is 1.59. The molecule has 0 saturated heterocycles. The quantitative estimate of drug-likeness (QED) is 0.691. The summed E-state index contributed by atoms with van der Waals surface area (Å²) in [6, 6.07) is 1.77. The maximum absolute atomic E-state index is 11.8. The summed E-state index contributed by atoms with van der Waals surface area (Å²) < 4.78 is 14.7. The van der Waals surface area contributed by atoms with Crippen molar-refractivity contribution in [3.05, 3.63) is 18.0 Å². The average Bonchev–Trinajstić information content (AvgIpc) is 2.35. The molecular weight excluding hydrogens is 194 g/mol. The molecule has 1 heterocycles. The van der Waals surface area contributed by atoms with Gasteiger partial charge in [-0.2, -0.15) is 9.19 Å². The van der Waals surface area contributed by atoms with Crippen molar-refractivity contribution in [2.24, 2.45) is 0 Å². The Morgan fingerprint density at radius 1 is 1.67 bits per heavy atom. The van der Waals surface area contributed by atoms with Gasteiger partial charge in [0.1, 0.15) is 0 Å². The van der Waals surface area contributed by atoms with E-state index in [9.17, 15) is 4.21 Å². The van der Waals surface area contributed by atoms with E-state index in [1.165, 1.54) is 8.39 Å². The Morgan fingerprint density at radius 3 is 2.58 bits per heavy atom. The molecule has 1 aromatic rings. The smallest absolute Gasteiger partial charge is 0.198 e. The van der Waals surface area contributed by atoms with Gasteiger partial charge in [-0.1, -0.05) is 0 Å². The standard InChI is InChI=1S/C6H11N3OS2/c1-6-4-5-7-9(6)12(10,11)8(2)3/h4-5H,1-3H3. The van der Waals surface area contributed by atoms with Gasteiger partial charge in [0.2, 0.25) is 0 Å². The van der Waals surface area contributed by atoms with Crippen LogP contribution in [-0.4, -0.2) is 31.8 Å². The number of hydrogen-bond donors (Lipinski definition) is 0. The predicted octanol–water partition coefficient (Wildman–Crippen LogP) is 0.178. The zero-order chi connectivity index (χ0) is 9.35. The highest BCUT2D eigenvalue weighted by molar-refractivity contribution is 8.30. The van der Waals surface area contributed by atoms with Crippen LogP contribution in [0.25, 0.3) is 0 Å². The summed E-state index contributed by atoms with van der Waals surface area (Å²) in [6.45, 7) is 1.82.